The molecule has 5 nitrogen and oxygen atoms in total. The van der Waals surface area contributed by atoms with Crippen LogP contribution in [0.1, 0.15) is 21.5 Å². The number of carbonyl (C=O) groups is 1. The van der Waals surface area contributed by atoms with Gasteiger partial charge in [0.05, 0.1) is 17.9 Å². The molecular formula is C22H23F2N3O2S. The van der Waals surface area contributed by atoms with Crippen LogP contribution in [0.2, 0.25) is 0 Å². The molecule has 158 valence electrons. The Bertz CT molecular complexity index is 1080. The molecule has 0 unspecified atom stereocenters. The zero-order valence-electron chi connectivity index (χ0n) is 17.0. The Hall–Kier alpha value is -2.42. The van der Waals surface area contributed by atoms with Gasteiger partial charge in [0, 0.05) is 37.8 Å². The molecule has 2 aromatic carbocycles. The summed E-state index contributed by atoms with van der Waals surface area (Å²) >= 11 is 1.12. The average Bonchev–Trinajstić information content (AvgIpc) is 3.13. The zero-order chi connectivity index (χ0) is 21.3. The monoisotopic (exact) mass is 431 g/mol. The molecule has 30 heavy (non-hydrogen) atoms. The van der Waals surface area contributed by atoms with Gasteiger partial charge in [-0.25, -0.2) is 13.8 Å². The highest BCUT2D eigenvalue weighted by Gasteiger charge is 2.25. The van der Waals surface area contributed by atoms with Crippen LogP contribution < -0.4 is 4.90 Å². The van der Waals surface area contributed by atoms with Gasteiger partial charge in [-0.15, -0.1) is 0 Å². The van der Waals surface area contributed by atoms with Crippen LogP contribution in [0.15, 0.2) is 30.3 Å². The number of ether oxygens (including phenoxy) is 1. The van der Waals surface area contributed by atoms with Crippen LogP contribution in [0, 0.1) is 25.5 Å². The summed E-state index contributed by atoms with van der Waals surface area (Å²) in [4.78, 5) is 21.6. The third kappa shape index (κ3) is 4.35. The molecule has 0 saturated carbocycles. The van der Waals surface area contributed by atoms with Crippen LogP contribution in [-0.4, -0.2) is 55.2 Å². The Kier molecular flexibility index (Phi) is 6.08. The average molecular weight is 432 g/mol. The molecule has 0 atom stereocenters. The van der Waals surface area contributed by atoms with E-state index in [4.69, 9.17) is 4.74 Å². The number of halogens is 2. The fraction of sp³-hybridized carbons (Fsp3) is 0.364. The molecule has 0 spiro atoms. The highest BCUT2D eigenvalue weighted by molar-refractivity contribution is 7.22. The maximum atomic E-state index is 14.2. The number of carbonyl (C=O) groups excluding carboxylic acids is 1. The van der Waals surface area contributed by atoms with Crippen LogP contribution >= 0.6 is 11.3 Å². The number of fused-ring (bicyclic) bond motifs is 1. The van der Waals surface area contributed by atoms with Gasteiger partial charge in [-0.3, -0.25) is 14.6 Å². The molecule has 8 heteroatoms. The van der Waals surface area contributed by atoms with Crippen molar-refractivity contribution in [3.63, 3.8) is 0 Å². The molecule has 0 bridgehead atoms. The number of nitrogens with zero attached hydrogens (tertiary/aromatic N) is 3. The highest BCUT2D eigenvalue weighted by atomic mass is 32.1. The van der Waals surface area contributed by atoms with E-state index in [1.165, 1.54) is 6.07 Å². The second kappa shape index (κ2) is 8.75. The third-order valence-electron chi connectivity index (χ3n) is 5.23. The molecular weight excluding hydrogens is 408 g/mol. The Labute approximate surface area is 177 Å². The van der Waals surface area contributed by atoms with Gasteiger partial charge in [-0.05, 0) is 31.5 Å². The minimum absolute atomic E-state index is 0.0844. The van der Waals surface area contributed by atoms with Crippen LogP contribution in [0.25, 0.3) is 10.2 Å². The van der Waals surface area contributed by atoms with Gasteiger partial charge in [-0.1, -0.05) is 29.0 Å². The minimum atomic E-state index is -0.723. The van der Waals surface area contributed by atoms with E-state index in [0.29, 0.717) is 41.7 Å². The number of anilines is 1. The second-order valence-electron chi connectivity index (χ2n) is 7.46. The van der Waals surface area contributed by atoms with Crippen molar-refractivity contribution in [3.05, 3.63) is 58.7 Å². The quantitative estimate of drug-likeness (QED) is 0.608. The van der Waals surface area contributed by atoms with Crippen molar-refractivity contribution in [2.24, 2.45) is 0 Å². The second-order valence-corrected chi connectivity index (χ2v) is 8.47. The van der Waals surface area contributed by atoms with E-state index in [9.17, 15) is 13.6 Å². The first-order valence-electron chi connectivity index (χ1n) is 9.87. The number of amides is 1. The van der Waals surface area contributed by atoms with Gasteiger partial charge in [-0.2, -0.15) is 0 Å². The van der Waals surface area contributed by atoms with E-state index in [1.807, 2.05) is 32.0 Å². The Morgan fingerprint density at radius 2 is 1.97 bits per heavy atom. The summed E-state index contributed by atoms with van der Waals surface area (Å²) in [5.41, 5.74) is 2.60. The topological polar surface area (TPSA) is 45.7 Å². The number of morpholine rings is 1. The first-order chi connectivity index (χ1) is 14.4. The lowest BCUT2D eigenvalue weighted by Crippen LogP contribution is -2.43. The summed E-state index contributed by atoms with van der Waals surface area (Å²) in [7, 11) is 0. The Morgan fingerprint density at radius 1 is 1.20 bits per heavy atom. The molecule has 1 saturated heterocycles. The van der Waals surface area contributed by atoms with Gasteiger partial charge < -0.3 is 4.74 Å². The number of hydrogen-bond acceptors (Lipinski definition) is 5. The number of benzene rings is 2. The maximum Gasteiger partial charge on any atom is 0.260 e. The predicted molar refractivity (Wildman–Crippen MR) is 114 cm³/mol. The number of thiazole rings is 1. The third-order valence-corrected chi connectivity index (χ3v) is 6.26. The molecule has 4 rings (SSSR count). The molecule has 1 fully saturated rings. The lowest BCUT2D eigenvalue weighted by molar-refractivity contribution is 0.0391. The van der Waals surface area contributed by atoms with Gasteiger partial charge in [0.15, 0.2) is 10.9 Å². The van der Waals surface area contributed by atoms with E-state index in [2.05, 4.69) is 9.88 Å². The van der Waals surface area contributed by atoms with Gasteiger partial charge in [0.25, 0.3) is 5.91 Å². The molecule has 0 N–H and O–H groups in total. The van der Waals surface area contributed by atoms with E-state index in [1.54, 1.807) is 4.90 Å². The summed E-state index contributed by atoms with van der Waals surface area (Å²) in [5.74, 6) is -1.57. The zero-order valence-corrected chi connectivity index (χ0v) is 17.8. The summed E-state index contributed by atoms with van der Waals surface area (Å²) in [5, 5.41) is 0.368. The van der Waals surface area contributed by atoms with Crippen LogP contribution in [0.4, 0.5) is 13.9 Å². The molecule has 1 aromatic heterocycles. The Morgan fingerprint density at radius 3 is 2.70 bits per heavy atom. The Balaban J connectivity index is 1.69. The highest BCUT2D eigenvalue weighted by Crippen LogP contribution is 2.32. The first-order valence-corrected chi connectivity index (χ1v) is 10.7. The van der Waals surface area contributed by atoms with Crippen molar-refractivity contribution < 1.29 is 18.3 Å². The maximum absolute atomic E-state index is 14.2. The van der Waals surface area contributed by atoms with E-state index in [0.717, 1.165) is 41.6 Å². The van der Waals surface area contributed by atoms with Crippen LogP contribution in [-0.2, 0) is 4.74 Å². The molecule has 0 radical (unpaired) electrons. The standard InChI is InChI=1S/C22H23F2N3O2S/c1-14-3-4-17(15(2)11-14)21(28)27(6-5-26-7-9-29-10-8-26)22-25-20-18(24)12-16(23)13-19(20)30-22/h3-4,11-13H,5-10H2,1-2H3. The number of rotatable bonds is 5. The summed E-state index contributed by atoms with van der Waals surface area (Å²) in [6.07, 6.45) is 0. The number of hydrogen-bond donors (Lipinski definition) is 0. The lowest BCUT2D eigenvalue weighted by Gasteiger charge is -2.29. The number of aromatic nitrogens is 1. The minimum Gasteiger partial charge on any atom is -0.379 e. The van der Waals surface area contributed by atoms with Crippen LogP contribution in [0.3, 0.4) is 0 Å². The molecule has 0 aliphatic carbocycles. The molecule has 3 aromatic rings. The fourth-order valence-corrected chi connectivity index (χ4v) is 4.64. The largest absolute Gasteiger partial charge is 0.379 e. The summed E-state index contributed by atoms with van der Waals surface area (Å²) in [6.45, 7) is 7.84. The van der Waals surface area contributed by atoms with Crippen molar-refractivity contribution >= 4 is 32.6 Å². The normalized spacial score (nSPS) is 14.9. The number of aryl methyl sites for hydroxylation is 2. The summed E-state index contributed by atoms with van der Waals surface area (Å²) in [6, 6.07) is 7.73. The predicted octanol–water partition coefficient (Wildman–Crippen LogP) is 4.17. The van der Waals surface area contributed by atoms with Gasteiger partial charge >= 0.3 is 0 Å². The smallest absolute Gasteiger partial charge is 0.260 e. The molecule has 2 heterocycles. The van der Waals surface area contributed by atoms with E-state index >= 15 is 0 Å². The SMILES string of the molecule is Cc1ccc(C(=O)N(CCN2CCOCC2)c2nc3c(F)cc(F)cc3s2)c(C)c1. The van der Waals surface area contributed by atoms with E-state index < -0.39 is 11.6 Å². The van der Waals surface area contributed by atoms with Crippen molar-refractivity contribution in [3.8, 4) is 0 Å². The van der Waals surface area contributed by atoms with Gasteiger partial charge in [0.1, 0.15) is 11.3 Å². The summed E-state index contributed by atoms with van der Waals surface area (Å²) < 4.78 is 33.6. The van der Waals surface area contributed by atoms with Crippen molar-refractivity contribution in [1.29, 1.82) is 0 Å². The molecule has 1 aliphatic heterocycles. The van der Waals surface area contributed by atoms with Crippen molar-refractivity contribution in [1.82, 2.24) is 9.88 Å². The molecule has 1 amide bonds. The van der Waals surface area contributed by atoms with Gasteiger partial charge in [0.2, 0.25) is 0 Å². The van der Waals surface area contributed by atoms with Crippen molar-refractivity contribution in [2.75, 3.05) is 44.3 Å². The van der Waals surface area contributed by atoms with E-state index in [-0.39, 0.29) is 11.4 Å². The lowest BCUT2D eigenvalue weighted by atomic mass is 10.0. The fourth-order valence-electron chi connectivity index (χ4n) is 3.61. The first kappa shape index (κ1) is 20.8. The van der Waals surface area contributed by atoms with Crippen LogP contribution in [0.5, 0.6) is 0 Å². The van der Waals surface area contributed by atoms with Crippen molar-refractivity contribution in [2.45, 2.75) is 13.8 Å². The molecule has 1 aliphatic rings.